The number of aliphatic carboxylic acids is 2. The molecule has 0 aliphatic heterocycles. The summed E-state index contributed by atoms with van der Waals surface area (Å²) in [5.74, 6) is -0.555. The Morgan fingerprint density at radius 3 is 1.36 bits per heavy atom. The van der Waals surface area contributed by atoms with Crippen LogP contribution < -0.4 is 0 Å². The van der Waals surface area contributed by atoms with Gasteiger partial charge in [0.25, 0.3) is 0 Å². The van der Waals surface area contributed by atoms with Gasteiger partial charge >= 0.3 is 11.9 Å². The average Bonchev–Trinajstić information content (AvgIpc) is 2.61. The number of carbonyl (C=O) groups is 2. The first kappa shape index (κ1) is 24.7. The first-order valence-electron chi connectivity index (χ1n) is 11.3. The van der Waals surface area contributed by atoms with Crippen LogP contribution in [-0.4, -0.2) is 22.2 Å². The van der Waals surface area contributed by atoms with E-state index in [9.17, 15) is 19.8 Å². The normalized spacial score (nSPS) is 24.8. The van der Waals surface area contributed by atoms with Crippen molar-refractivity contribution in [1.82, 2.24) is 0 Å². The highest BCUT2D eigenvalue weighted by atomic mass is 16.4. The number of carboxylic acids is 2. The quantitative estimate of drug-likeness (QED) is 0.254. The van der Waals surface area contributed by atoms with E-state index < -0.39 is 22.8 Å². The van der Waals surface area contributed by atoms with Crippen molar-refractivity contribution in [3.8, 4) is 0 Å². The minimum absolute atomic E-state index is 0.338. The molecule has 28 heavy (non-hydrogen) atoms. The van der Waals surface area contributed by atoms with Crippen LogP contribution in [-0.2, 0) is 9.59 Å². The van der Waals surface area contributed by atoms with Gasteiger partial charge in [0, 0.05) is 0 Å². The predicted molar refractivity (Wildman–Crippen MR) is 114 cm³/mol. The van der Waals surface area contributed by atoms with Gasteiger partial charge in [-0.05, 0) is 37.5 Å². The Labute approximate surface area is 171 Å². The molecule has 0 fully saturated rings. The number of allylic oxidation sites excluding steroid dienone is 2. The molecule has 2 atom stereocenters. The lowest BCUT2D eigenvalue weighted by Gasteiger charge is -2.47. The summed E-state index contributed by atoms with van der Waals surface area (Å²) >= 11 is 0. The highest BCUT2D eigenvalue weighted by molar-refractivity contribution is 5.87. The number of hydrogen-bond acceptors (Lipinski definition) is 2. The summed E-state index contributed by atoms with van der Waals surface area (Å²) in [6, 6.07) is 0. The summed E-state index contributed by atoms with van der Waals surface area (Å²) in [4.78, 5) is 24.9. The summed E-state index contributed by atoms with van der Waals surface area (Å²) in [6.07, 6.45) is 13.3. The number of carboxylic acid groups (broad SMARTS) is 2. The first-order valence-corrected chi connectivity index (χ1v) is 11.3. The Kier molecular flexibility index (Phi) is 10.3. The maximum atomic E-state index is 12.4. The molecule has 0 radical (unpaired) electrons. The lowest BCUT2D eigenvalue weighted by atomic mass is 9.54. The Balaban J connectivity index is 2.89. The van der Waals surface area contributed by atoms with Gasteiger partial charge in [-0.1, -0.05) is 91.2 Å². The summed E-state index contributed by atoms with van der Waals surface area (Å²) < 4.78 is 0. The van der Waals surface area contributed by atoms with Gasteiger partial charge in [-0.15, -0.1) is 0 Å². The van der Waals surface area contributed by atoms with E-state index in [1.807, 2.05) is 12.2 Å². The fourth-order valence-electron chi connectivity index (χ4n) is 4.75. The summed E-state index contributed by atoms with van der Waals surface area (Å²) in [5.41, 5.74) is -2.35. The van der Waals surface area contributed by atoms with Crippen molar-refractivity contribution in [2.45, 2.75) is 105 Å². The molecule has 0 heterocycles. The van der Waals surface area contributed by atoms with Gasteiger partial charge in [-0.2, -0.15) is 0 Å². The van der Waals surface area contributed by atoms with Gasteiger partial charge in [0.2, 0.25) is 0 Å². The average molecular weight is 395 g/mol. The van der Waals surface area contributed by atoms with Gasteiger partial charge in [0.1, 0.15) is 0 Å². The Morgan fingerprint density at radius 1 is 0.714 bits per heavy atom. The van der Waals surface area contributed by atoms with Crippen molar-refractivity contribution >= 4 is 11.9 Å². The molecule has 4 nitrogen and oxygen atoms in total. The molecule has 0 aromatic carbocycles. The van der Waals surface area contributed by atoms with Crippen LogP contribution in [0.4, 0.5) is 0 Å². The van der Waals surface area contributed by atoms with Gasteiger partial charge in [-0.25, -0.2) is 0 Å². The molecule has 0 aromatic rings. The van der Waals surface area contributed by atoms with E-state index in [2.05, 4.69) is 27.7 Å². The van der Waals surface area contributed by atoms with Crippen molar-refractivity contribution in [2.24, 2.45) is 22.7 Å². The van der Waals surface area contributed by atoms with Crippen LogP contribution in [0.5, 0.6) is 0 Å². The fraction of sp³-hybridized carbons (Fsp3) is 0.833. The third kappa shape index (κ3) is 6.35. The SMILES string of the molecule is CC(C)CCCCCC1(C(=O)O)CC=CCC1(CCCCCC(C)C)C(=O)O. The van der Waals surface area contributed by atoms with Crippen molar-refractivity contribution < 1.29 is 19.8 Å². The molecular weight excluding hydrogens is 352 g/mol. The molecule has 1 aliphatic carbocycles. The molecule has 2 unspecified atom stereocenters. The van der Waals surface area contributed by atoms with E-state index >= 15 is 0 Å². The Hall–Kier alpha value is -1.32. The monoisotopic (exact) mass is 394 g/mol. The largest absolute Gasteiger partial charge is 0.481 e. The van der Waals surface area contributed by atoms with E-state index in [0.717, 1.165) is 51.4 Å². The molecule has 0 aromatic heterocycles. The molecule has 2 N–H and O–H groups in total. The Bertz CT molecular complexity index is 477. The second-order valence-electron chi connectivity index (χ2n) is 9.64. The van der Waals surface area contributed by atoms with Crippen LogP contribution in [0.25, 0.3) is 0 Å². The Morgan fingerprint density at radius 2 is 1.07 bits per heavy atom. The van der Waals surface area contributed by atoms with Crippen LogP contribution in [0.3, 0.4) is 0 Å². The van der Waals surface area contributed by atoms with E-state index in [0.29, 0.717) is 37.5 Å². The number of unbranched alkanes of at least 4 members (excludes halogenated alkanes) is 4. The molecule has 0 spiro atoms. The maximum Gasteiger partial charge on any atom is 0.311 e. The van der Waals surface area contributed by atoms with E-state index in [4.69, 9.17) is 0 Å². The van der Waals surface area contributed by atoms with Crippen LogP contribution in [0, 0.1) is 22.7 Å². The topological polar surface area (TPSA) is 74.6 Å². The van der Waals surface area contributed by atoms with E-state index in [-0.39, 0.29) is 0 Å². The number of rotatable bonds is 14. The van der Waals surface area contributed by atoms with Crippen molar-refractivity contribution in [3.63, 3.8) is 0 Å². The smallest absolute Gasteiger partial charge is 0.311 e. The van der Waals surface area contributed by atoms with Gasteiger partial charge in [-0.3, -0.25) is 9.59 Å². The van der Waals surface area contributed by atoms with Crippen molar-refractivity contribution in [2.75, 3.05) is 0 Å². The van der Waals surface area contributed by atoms with Crippen LogP contribution in [0.1, 0.15) is 105 Å². The molecule has 1 aliphatic rings. The fourth-order valence-corrected chi connectivity index (χ4v) is 4.75. The lowest BCUT2D eigenvalue weighted by molar-refractivity contribution is -0.177. The second kappa shape index (κ2) is 11.6. The number of hydrogen-bond donors (Lipinski definition) is 2. The molecule has 1 rings (SSSR count). The van der Waals surface area contributed by atoms with Gasteiger partial charge in [0.15, 0.2) is 0 Å². The second-order valence-corrected chi connectivity index (χ2v) is 9.64. The van der Waals surface area contributed by atoms with Gasteiger partial charge < -0.3 is 10.2 Å². The molecule has 0 bridgehead atoms. The highest BCUT2D eigenvalue weighted by Crippen LogP contribution is 2.55. The van der Waals surface area contributed by atoms with Crippen LogP contribution >= 0.6 is 0 Å². The summed E-state index contributed by atoms with van der Waals surface area (Å²) in [5, 5.41) is 20.4. The van der Waals surface area contributed by atoms with E-state index in [1.165, 1.54) is 0 Å². The van der Waals surface area contributed by atoms with Crippen LogP contribution in [0.2, 0.25) is 0 Å². The van der Waals surface area contributed by atoms with E-state index in [1.54, 1.807) is 0 Å². The van der Waals surface area contributed by atoms with Crippen LogP contribution in [0.15, 0.2) is 12.2 Å². The molecule has 4 heteroatoms. The lowest BCUT2D eigenvalue weighted by Crippen LogP contribution is -2.53. The molecule has 0 saturated heterocycles. The zero-order valence-electron chi connectivity index (χ0n) is 18.5. The first-order chi connectivity index (χ1) is 13.2. The van der Waals surface area contributed by atoms with Crippen molar-refractivity contribution in [1.29, 1.82) is 0 Å². The summed E-state index contributed by atoms with van der Waals surface area (Å²) in [6.45, 7) is 8.78. The van der Waals surface area contributed by atoms with Crippen molar-refractivity contribution in [3.05, 3.63) is 12.2 Å². The molecular formula is C24H42O4. The standard InChI is InChI=1S/C24H42O4/c1-19(2)13-7-5-9-15-23(21(25)26)17-11-12-18-24(23,22(27)28)16-10-6-8-14-20(3)4/h11-12,19-20H,5-10,13-18H2,1-4H3,(H,25,26)(H,27,28). The zero-order valence-corrected chi connectivity index (χ0v) is 18.5. The molecule has 0 amide bonds. The minimum Gasteiger partial charge on any atom is -0.481 e. The molecule has 162 valence electrons. The zero-order chi connectivity index (χ0) is 21.2. The third-order valence-electron chi connectivity index (χ3n) is 6.60. The molecule has 0 saturated carbocycles. The minimum atomic E-state index is -1.18. The third-order valence-corrected chi connectivity index (χ3v) is 6.60. The van der Waals surface area contributed by atoms with Gasteiger partial charge in [0.05, 0.1) is 10.8 Å². The maximum absolute atomic E-state index is 12.4. The predicted octanol–water partition coefficient (Wildman–Crippen LogP) is 6.69. The summed E-state index contributed by atoms with van der Waals surface area (Å²) in [7, 11) is 0. The highest BCUT2D eigenvalue weighted by Gasteiger charge is 2.60.